The highest BCUT2D eigenvalue weighted by Gasteiger charge is 1.95. The van der Waals surface area contributed by atoms with Crippen LogP contribution in [0, 0.1) is 0 Å². The molecule has 0 aromatic heterocycles. The van der Waals surface area contributed by atoms with Crippen molar-refractivity contribution in [3.63, 3.8) is 0 Å². The first-order chi connectivity index (χ1) is 11.4. The topological polar surface area (TPSA) is 9.23 Å². The van der Waals surface area contributed by atoms with E-state index in [4.69, 9.17) is 4.74 Å². The molecule has 2 heteroatoms. The van der Waals surface area contributed by atoms with Crippen LogP contribution in [0.3, 0.4) is 0 Å². The van der Waals surface area contributed by atoms with Gasteiger partial charge in [-0.3, -0.25) is 0 Å². The molecule has 0 aliphatic rings. The van der Waals surface area contributed by atoms with Crippen molar-refractivity contribution in [2.45, 2.75) is 116 Å². The van der Waals surface area contributed by atoms with Crippen LogP contribution >= 0.6 is 15.9 Å². The first-order valence-corrected chi connectivity index (χ1v) is 11.7. The van der Waals surface area contributed by atoms with Crippen molar-refractivity contribution in [1.82, 2.24) is 0 Å². The van der Waals surface area contributed by atoms with Crippen molar-refractivity contribution in [2.75, 3.05) is 18.5 Å². The van der Waals surface area contributed by atoms with Gasteiger partial charge in [0.2, 0.25) is 0 Å². The number of hydrogen-bond acceptors (Lipinski definition) is 1. The van der Waals surface area contributed by atoms with Crippen LogP contribution in [0.2, 0.25) is 0 Å². The van der Waals surface area contributed by atoms with Gasteiger partial charge < -0.3 is 4.74 Å². The number of unbranched alkanes of at least 4 members (excludes halogenated alkanes) is 15. The van der Waals surface area contributed by atoms with Gasteiger partial charge in [-0.2, -0.15) is 0 Å². The van der Waals surface area contributed by atoms with Gasteiger partial charge in [0.05, 0.1) is 0 Å². The Morgan fingerprint density at radius 1 is 0.478 bits per heavy atom. The molecule has 0 radical (unpaired) electrons. The molecule has 0 saturated carbocycles. The lowest BCUT2D eigenvalue weighted by atomic mass is 10.0. The van der Waals surface area contributed by atoms with E-state index in [1.54, 1.807) is 0 Å². The second-order valence-electron chi connectivity index (χ2n) is 6.96. The molecule has 0 N–H and O–H groups in total. The van der Waals surface area contributed by atoms with Gasteiger partial charge in [0.1, 0.15) is 0 Å². The summed E-state index contributed by atoms with van der Waals surface area (Å²) in [5.74, 6) is 0. The normalized spacial score (nSPS) is 11.2. The third-order valence-electron chi connectivity index (χ3n) is 4.56. The van der Waals surface area contributed by atoms with Gasteiger partial charge in [0.15, 0.2) is 0 Å². The molecular formula is C21H43BrO. The minimum absolute atomic E-state index is 0.921. The summed E-state index contributed by atoms with van der Waals surface area (Å²) in [6.07, 6.45) is 24.0. The van der Waals surface area contributed by atoms with Gasteiger partial charge in [-0.05, 0) is 12.8 Å². The Labute approximate surface area is 155 Å². The average Bonchev–Trinajstić information content (AvgIpc) is 2.57. The molecule has 0 unspecified atom stereocenters. The fraction of sp³-hybridized carbons (Fsp3) is 1.00. The third-order valence-corrected chi connectivity index (χ3v) is 5.13. The van der Waals surface area contributed by atoms with E-state index in [-0.39, 0.29) is 0 Å². The Morgan fingerprint density at radius 3 is 1.22 bits per heavy atom. The predicted octanol–water partition coefficient (Wildman–Crippen LogP) is 8.05. The van der Waals surface area contributed by atoms with Crippen LogP contribution in [0.1, 0.15) is 116 Å². The first kappa shape index (κ1) is 23.4. The fourth-order valence-corrected chi connectivity index (χ4v) is 3.24. The van der Waals surface area contributed by atoms with Crippen LogP contribution < -0.4 is 0 Å². The average molecular weight is 391 g/mol. The summed E-state index contributed by atoms with van der Waals surface area (Å²) in [5, 5.41) is 1.06. The SMILES string of the molecule is CCCCCCCCCCCCCCCCCCOCCCBr. The van der Waals surface area contributed by atoms with E-state index in [1.807, 2.05) is 0 Å². The lowest BCUT2D eigenvalue weighted by Crippen LogP contribution is -1.97. The largest absolute Gasteiger partial charge is 0.381 e. The Kier molecular flexibility index (Phi) is 22.9. The molecule has 0 spiro atoms. The summed E-state index contributed by atoms with van der Waals surface area (Å²) in [4.78, 5) is 0. The highest BCUT2D eigenvalue weighted by atomic mass is 79.9. The third kappa shape index (κ3) is 22.4. The fourth-order valence-electron chi connectivity index (χ4n) is 3.01. The summed E-state index contributed by atoms with van der Waals surface area (Å²) in [6, 6.07) is 0. The summed E-state index contributed by atoms with van der Waals surface area (Å²) >= 11 is 3.42. The van der Waals surface area contributed by atoms with Crippen LogP contribution in [0.4, 0.5) is 0 Å². The van der Waals surface area contributed by atoms with Crippen molar-refractivity contribution >= 4 is 15.9 Å². The van der Waals surface area contributed by atoms with Gasteiger partial charge in [0, 0.05) is 18.5 Å². The van der Waals surface area contributed by atoms with Crippen molar-refractivity contribution < 1.29 is 4.74 Å². The summed E-state index contributed by atoms with van der Waals surface area (Å²) in [5.41, 5.74) is 0. The van der Waals surface area contributed by atoms with Gasteiger partial charge in [0.25, 0.3) is 0 Å². The van der Waals surface area contributed by atoms with E-state index in [2.05, 4.69) is 22.9 Å². The number of ether oxygens (including phenoxy) is 1. The second-order valence-corrected chi connectivity index (χ2v) is 7.75. The molecule has 0 amide bonds. The molecule has 1 nitrogen and oxygen atoms in total. The van der Waals surface area contributed by atoms with Crippen LogP contribution in [-0.2, 0) is 4.74 Å². The Hall–Kier alpha value is 0.440. The van der Waals surface area contributed by atoms with Gasteiger partial charge in [-0.15, -0.1) is 0 Å². The Balaban J connectivity index is 2.92. The Bertz CT molecular complexity index is 176. The molecule has 23 heavy (non-hydrogen) atoms. The van der Waals surface area contributed by atoms with Crippen LogP contribution in [0.25, 0.3) is 0 Å². The zero-order valence-electron chi connectivity index (χ0n) is 15.9. The monoisotopic (exact) mass is 390 g/mol. The van der Waals surface area contributed by atoms with Crippen molar-refractivity contribution in [3.05, 3.63) is 0 Å². The molecule has 0 aromatic rings. The molecular weight excluding hydrogens is 348 g/mol. The van der Waals surface area contributed by atoms with E-state index in [0.29, 0.717) is 0 Å². The lowest BCUT2D eigenvalue weighted by molar-refractivity contribution is 0.131. The molecule has 0 rings (SSSR count). The van der Waals surface area contributed by atoms with Crippen LogP contribution in [-0.4, -0.2) is 18.5 Å². The second kappa shape index (κ2) is 22.4. The molecule has 0 bridgehead atoms. The number of rotatable bonds is 20. The predicted molar refractivity (Wildman–Crippen MR) is 109 cm³/mol. The molecule has 0 atom stereocenters. The molecule has 0 aliphatic heterocycles. The van der Waals surface area contributed by atoms with Crippen LogP contribution in [0.15, 0.2) is 0 Å². The first-order valence-electron chi connectivity index (χ1n) is 10.6. The number of halogens is 1. The minimum atomic E-state index is 0.921. The van der Waals surface area contributed by atoms with E-state index in [1.165, 1.54) is 103 Å². The summed E-state index contributed by atoms with van der Waals surface area (Å²) in [6.45, 7) is 4.18. The highest BCUT2D eigenvalue weighted by Crippen LogP contribution is 2.13. The van der Waals surface area contributed by atoms with Gasteiger partial charge >= 0.3 is 0 Å². The van der Waals surface area contributed by atoms with Crippen LogP contribution in [0.5, 0.6) is 0 Å². The zero-order valence-corrected chi connectivity index (χ0v) is 17.5. The van der Waals surface area contributed by atoms with E-state index >= 15 is 0 Å². The van der Waals surface area contributed by atoms with Gasteiger partial charge in [-0.1, -0.05) is 119 Å². The van der Waals surface area contributed by atoms with E-state index < -0.39 is 0 Å². The molecule has 0 heterocycles. The van der Waals surface area contributed by atoms with Gasteiger partial charge in [-0.25, -0.2) is 0 Å². The Morgan fingerprint density at radius 2 is 0.826 bits per heavy atom. The maximum absolute atomic E-state index is 5.56. The molecule has 0 saturated heterocycles. The van der Waals surface area contributed by atoms with E-state index in [9.17, 15) is 0 Å². The minimum Gasteiger partial charge on any atom is -0.381 e. The molecule has 0 aliphatic carbocycles. The zero-order chi connectivity index (χ0) is 16.8. The lowest BCUT2D eigenvalue weighted by Gasteiger charge is -2.04. The molecule has 140 valence electrons. The number of hydrogen-bond donors (Lipinski definition) is 0. The highest BCUT2D eigenvalue weighted by molar-refractivity contribution is 9.09. The molecule has 0 fully saturated rings. The maximum Gasteiger partial charge on any atom is 0.0474 e. The quantitative estimate of drug-likeness (QED) is 0.151. The smallest absolute Gasteiger partial charge is 0.0474 e. The maximum atomic E-state index is 5.56. The summed E-state index contributed by atoms with van der Waals surface area (Å²) < 4.78 is 5.56. The van der Waals surface area contributed by atoms with Crippen molar-refractivity contribution in [3.8, 4) is 0 Å². The number of alkyl halides is 1. The standard InChI is InChI=1S/C21H43BrO/c1-2-3-4-5-6-7-8-9-10-11-12-13-14-15-16-17-20-23-21-18-19-22/h2-21H2,1H3. The molecule has 0 aromatic carbocycles. The van der Waals surface area contributed by atoms with E-state index in [0.717, 1.165) is 25.0 Å². The van der Waals surface area contributed by atoms with Crippen molar-refractivity contribution in [2.24, 2.45) is 0 Å². The summed E-state index contributed by atoms with van der Waals surface area (Å²) in [7, 11) is 0. The van der Waals surface area contributed by atoms with Crippen molar-refractivity contribution in [1.29, 1.82) is 0 Å².